The summed E-state index contributed by atoms with van der Waals surface area (Å²) in [5.41, 5.74) is 0.316. The van der Waals surface area contributed by atoms with Gasteiger partial charge >= 0.3 is 12.3 Å². The number of hydrogen-bond acceptors (Lipinski definition) is 3. The number of anilines is 2. The topological polar surface area (TPSA) is 37.0 Å². The second-order valence-corrected chi connectivity index (χ2v) is 3.38. The van der Waals surface area contributed by atoms with Crippen molar-refractivity contribution in [2.45, 2.75) is 19.3 Å². The maximum Gasteiger partial charge on any atom is 0.324 e. The minimum Gasteiger partial charge on any atom is -0.379 e. The van der Waals surface area contributed by atoms with Gasteiger partial charge in [0.2, 0.25) is 0 Å². The molecule has 17 heavy (non-hydrogen) atoms. The van der Waals surface area contributed by atoms with E-state index in [9.17, 15) is 17.6 Å². The number of nitrogens with zero attached hydrogens (tertiary/aromatic N) is 1. The van der Waals surface area contributed by atoms with Gasteiger partial charge in [0.25, 0.3) is 0 Å². The summed E-state index contributed by atoms with van der Waals surface area (Å²) in [7, 11) is 0. The molecule has 0 bridgehead atoms. The van der Waals surface area contributed by atoms with E-state index in [0.29, 0.717) is 18.1 Å². The van der Waals surface area contributed by atoms with E-state index in [-0.39, 0.29) is 0 Å². The molecular formula is C10H13F4N3. The molecule has 1 aromatic heterocycles. The smallest absolute Gasteiger partial charge is 0.324 e. The van der Waals surface area contributed by atoms with Crippen LogP contribution in [0.2, 0.25) is 0 Å². The van der Waals surface area contributed by atoms with E-state index in [4.69, 9.17) is 0 Å². The molecule has 1 aromatic rings. The molecule has 96 valence electrons. The van der Waals surface area contributed by atoms with E-state index in [1.54, 1.807) is 0 Å². The summed E-state index contributed by atoms with van der Waals surface area (Å²) in [6, 6.07) is 2.91. The van der Waals surface area contributed by atoms with Crippen molar-refractivity contribution in [2.75, 3.05) is 23.7 Å². The highest BCUT2D eigenvalue weighted by Gasteiger charge is 2.40. The fourth-order valence-corrected chi connectivity index (χ4v) is 1.12. The largest absolute Gasteiger partial charge is 0.379 e. The average Bonchev–Trinajstić information content (AvgIpc) is 2.27. The van der Waals surface area contributed by atoms with Crippen molar-refractivity contribution in [1.29, 1.82) is 0 Å². The lowest BCUT2D eigenvalue weighted by molar-refractivity contribution is -0.117. The van der Waals surface area contributed by atoms with Gasteiger partial charge in [0.15, 0.2) is 0 Å². The second kappa shape index (κ2) is 5.70. The minimum absolute atomic E-state index is 0.316. The molecule has 3 nitrogen and oxygen atoms in total. The van der Waals surface area contributed by atoms with Crippen LogP contribution in [0.4, 0.5) is 29.1 Å². The van der Waals surface area contributed by atoms with Crippen molar-refractivity contribution < 1.29 is 17.6 Å². The minimum atomic E-state index is -4.04. The van der Waals surface area contributed by atoms with Crippen LogP contribution in [0.15, 0.2) is 18.3 Å². The number of rotatable bonds is 6. The predicted molar refractivity (Wildman–Crippen MR) is 57.8 cm³/mol. The normalized spacial score (nSPS) is 11.6. The Morgan fingerprint density at radius 3 is 2.65 bits per heavy atom. The molecule has 1 heterocycles. The first-order valence-electron chi connectivity index (χ1n) is 5.05. The summed E-state index contributed by atoms with van der Waals surface area (Å²) < 4.78 is 49.1. The highest BCUT2D eigenvalue weighted by Crippen LogP contribution is 2.23. The van der Waals surface area contributed by atoms with Crippen molar-refractivity contribution in [3.63, 3.8) is 0 Å². The molecular weight excluding hydrogens is 238 g/mol. The molecule has 1 rings (SSSR count). The number of halogens is 4. The van der Waals surface area contributed by atoms with Gasteiger partial charge in [-0.2, -0.15) is 8.78 Å². The molecule has 0 aliphatic carbocycles. The third-order valence-corrected chi connectivity index (χ3v) is 1.97. The van der Waals surface area contributed by atoms with E-state index < -0.39 is 18.9 Å². The third kappa shape index (κ3) is 4.08. The van der Waals surface area contributed by atoms with Crippen LogP contribution < -0.4 is 10.6 Å². The quantitative estimate of drug-likeness (QED) is 0.763. The van der Waals surface area contributed by atoms with Crippen molar-refractivity contribution >= 4 is 11.5 Å². The molecule has 0 atom stereocenters. The number of nitrogens with one attached hydrogen (secondary N) is 2. The Morgan fingerprint density at radius 2 is 2.06 bits per heavy atom. The van der Waals surface area contributed by atoms with Crippen molar-refractivity contribution in [2.24, 2.45) is 0 Å². The molecule has 0 amide bonds. The van der Waals surface area contributed by atoms with E-state index in [1.165, 1.54) is 18.3 Å². The van der Waals surface area contributed by atoms with Gasteiger partial charge in [0, 0.05) is 24.5 Å². The van der Waals surface area contributed by atoms with Crippen molar-refractivity contribution in [3.8, 4) is 0 Å². The molecule has 0 aliphatic heterocycles. The molecule has 7 heteroatoms. The molecule has 0 aromatic carbocycles. The van der Waals surface area contributed by atoms with Crippen LogP contribution in [-0.4, -0.2) is 30.4 Å². The average molecular weight is 251 g/mol. The molecule has 0 saturated carbocycles. The molecule has 0 fully saturated rings. The number of hydrogen-bond donors (Lipinski definition) is 2. The van der Waals surface area contributed by atoms with Crippen molar-refractivity contribution in [1.82, 2.24) is 4.98 Å². The van der Waals surface area contributed by atoms with Gasteiger partial charge in [-0.25, -0.2) is 13.8 Å². The fraction of sp³-hybridized carbons (Fsp3) is 0.500. The summed E-state index contributed by atoms with van der Waals surface area (Å²) in [6.45, 7) is 1.37. The molecule has 0 saturated heterocycles. The molecule has 0 radical (unpaired) electrons. The Hall–Kier alpha value is -1.53. The maximum absolute atomic E-state index is 12.6. The van der Waals surface area contributed by atoms with Gasteiger partial charge < -0.3 is 10.6 Å². The van der Waals surface area contributed by atoms with Crippen LogP contribution in [0.5, 0.6) is 0 Å². The maximum atomic E-state index is 12.6. The zero-order valence-corrected chi connectivity index (χ0v) is 9.18. The van der Waals surface area contributed by atoms with E-state index in [2.05, 4.69) is 15.6 Å². The first kappa shape index (κ1) is 13.5. The van der Waals surface area contributed by atoms with Crippen LogP contribution in [0, 0.1) is 0 Å². The predicted octanol–water partition coefficient (Wildman–Crippen LogP) is 2.83. The second-order valence-electron chi connectivity index (χ2n) is 3.38. The van der Waals surface area contributed by atoms with Crippen LogP contribution in [0.3, 0.4) is 0 Å². The molecule has 0 unspecified atom stereocenters. The van der Waals surface area contributed by atoms with Gasteiger partial charge in [-0.1, -0.05) is 0 Å². The zero-order valence-electron chi connectivity index (χ0n) is 9.18. The Bertz CT molecular complexity index is 357. The lowest BCUT2D eigenvalue weighted by atomic mass is 10.3. The Morgan fingerprint density at radius 1 is 1.35 bits per heavy atom. The van der Waals surface area contributed by atoms with Gasteiger partial charge in [0.1, 0.15) is 5.82 Å². The molecule has 2 N–H and O–H groups in total. The Labute approximate surface area is 96.2 Å². The highest BCUT2D eigenvalue weighted by molar-refractivity contribution is 5.51. The van der Waals surface area contributed by atoms with Crippen molar-refractivity contribution in [3.05, 3.63) is 18.3 Å². The lowest BCUT2D eigenvalue weighted by Gasteiger charge is -2.16. The van der Waals surface area contributed by atoms with E-state index >= 15 is 0 Å². The van der Waals surface area contributed by atoms with Crippen LogP contribution >= 0.6 is 0 Å². The Kier molecular flexibility index (Phi) is 4.53. The third-order valence-electron chi connectivity index (χ3n) is 1.97. The number of pyridine rings is 1. The fourth-order valence-electron chi connectivity index (χ4n) is 1.12. The SMILES string of the molecule is CCNc1cc(NCC(F)(F)C(F)F)ccn1. The number of aromatic nitrogens is 1. The number of alkyl halides is 4. The standard InChI is InChI=1S/C10H13F4N3/c1-2-15-8-5-7(3-4-16-8)17-6-10(13,14)9(11)12/h3-5,9H,2,6H2,1H3,(H2,15,16,17). The van der Waals surface area contributed by atoms with Crippen LogP contribution in [-0.2, 0) is 0 Å². The van der Waals surface area contributed by atoms with Gasteiger partial charge in [-0.15, -0.1) is 0 Å². The van der Waals surface area contributed by atoms with Crippen LogP contribution in [0.25, 0.3) is 0 Å². The summed E-state index contributed by atoms with van der Waals surface area (Å²) >= 11 is 0. The van der Waals surface area contributed by atoms with E-state index in [1.807, 2.05) is 6.92 Å². The van der Waals surface area contributed by atoms with E-state index in [0.717, 1.165) is 0 Å². The highest BCUT2D eigenvalue weighted by atomic mass is 19.3. The Balaban J connectivity index is 2.60. The summed E-state index contributed by atoms with van der Waals surface area (Å²) in [5, 5.41) is 5.14. The van der Waals surface area contributed by atoms with Gasteiger partial charge in [-0.05, 0) is 13.0 Å². The lowest BCUT2D eigenvalue weighted by Crippen LogP contribution is -2.34. The van der Waals surface area contributed by atoms with Crippen LogP contribution in [0.1, 0.15) is 6.92 Å². The molecule has 0 aliphatic rings. The monoisotopic (exact) mass is 251 g/mol. The summed E-state index contributed by atoms with van der Waals surface area (Å²) in [4.78, 5) is 3.92. The first-order chi connectivity index (χ1) is 7.95. The first-order valence-corrected chi connectivity index (χ1v) is 5.05. The summed E-state index contributed by atoms with van der Waals surface area (Å²) in [5.74, 6) is -3.54. The zero-order chi connectivity index (χ0) is 12.9. The molecule has 0 spiro atoms. The van der Waals surface area contributed by atoms with Gasteiger partial charge in [0.05, 0.1) is 6.54 Å². The van der Waals surface area contributed by atoms with Gasteiger partial charge in [-0.3, -0.25) is 0 Å². The summed E-state index contributed by atoms with van der Waals surface area (Å²) in [6.07, 6.45) is -2.27.